The Hall–Kier alpha value is -2.60. The lowest BCUT2D eigenvalue weighted by Gasteiger charge is -2.23. The van der Waals surface area contributed by atoms with Crippen LogP contribution in [-0.2, 0) is 6.54 Å². The molecule has 0 fully saturated rings. The molecule has 0 spiro atoms. The first-order valence-corrected chi connectivity index (χ1v) is 6.58. The van der Waals surface area contributed by atoms with Gasteiger partial charge in [0.25, 0.3) is 0 Å². The molecule has 0 aliphatic heterocycles. The fraction of sp³-hybridized carbons (Fsp3) is 0.200. The second-order valence-electron chi connectivity index (χ2n) is 4.52. The minimum atomic E-state index is -0.0293. The fourth-order valence-electron chi connectivity index (χ4n) is 2.00. The van der Waals surface area contributed by atoms with Crippen molar-refractivity contribution >= 4 is 11.5 Å². The summed E-state index contributed by atoms with van der Waals surface area (Å²) in [4.78, 5) is 6.17. The van der Waals surface area contributed by atoms with Crippen molar-refractivity contribution in [2.45, 2.75) is 6.54 Å². The molecule has 6 heteroatoms. The Morgan fingerprint density at radius 1 is 1.19 bits per heavy atom. The summed E-state index contributed by atoms with van der Waals surface area (Å²) in [6.45, 7) is 1.22. The van der Waals surface area contributed by atoms with Crippen LogP contribution in [0.3, 0.4) is 0 Å². The molecule has 0 unspecified atom stereocenters. The summed E-state index contributed by atoms with van der Waals surface area (Å²) in [5.74, 6) is -0.0293. The quantitative estimate of drug-likeness (QED) is 0.321. The van der Waals surface area contributed by atoms with Crippen LogP contribution in [0, 0.1) is 0 Å². The first-order chi connectivity index (χ1) is 10.2. The molecule has 4 N–H and O–H groups in total. The van der Waals surface area contributed by atoms with Gasteiger partial charge in [-0.1, -0.05) is 35.5 Å². The monoisotopic (exact) mass is 286 g/mol. The Kier molecular flexibility index (Phi) is 5.11. The van der Waals surface area contributed by atoms with Crippen LogP contribution in [0.1, 0.15) is 11.3 Å². The number of rotatable bonds is 6. The maximum atomic E-state index is 9.22. The first-order valence-electron chi connectivity index (χ1n) is 6.58. The zero-order valence-corrected chi connectivity index (χ0v) is 11.6. The third-order valence-corrected chi connectivity index (χ3v) is 3.07. The molecule has 0 radical (unpaired) electrons. The van der Waals surface area contributed by atoms with Gasteiger partial charge in [-0.2, -0.15) is 0 Å². The van der Waals surface area contributed by atoms with Crippen LogP contribution in [0.4, 0.5) is 5.69 Å². The lowest BCUT2D eigenvalue weighted by Crippen LogP contribution is -2.26. The van der Waals surface area contributed by atoms with Crippen LogP contribution in [0.25, 0.3) is 0 Å². The van der Waals surface area contributed by atoms with Gasteiger partial charge in [0.05, 0.1) is 18.5 Å². The van der Waals surface area contributed by atoms with Gasteiger partial charge in [-0.25, -0.2) is 0 Å². The van der Waals surface area contributed by atoms with Gasteiger partial charge in [-0.15, -0.1) is 0 Å². The van der Waals surface area contributed by atoms with Crippen LogP contribution >= 0.6 is 0 Å². The predicted molar refractivity (Wildman–Crippen MR) is 81.3 cm³/mol. The minimum absolute atomic E-state index is 0.0293. The van der Waals surface area contributed by atoms with Crippen LogP contribution in [0.5, 0.6) is 0 Å². The van der Waals surface area contributed by atoms with Crippen molar-refractivity contribution in [3.63, 3.8) is 0 Å². The van der Waals surface area contributed by atoms with Crippen molar-refractivity contribution in [3.05, 3.63) is 59.9 Å². The SMILES string of the molecule is N/C(=N/O)c1ccc(N(CCO)Cc2ccccc2)cn1. The molecular weight excluding hydrogens is 268 g/mol. The Morgan fingerprint density at radius 3 is 2.52 bits per heavy atom. The van der Waals surface area contributed by atoms with Crippen LogP contribution in [-0.4, -0.2) is 34.3 Å². The van der Waals surface area contributed by atoms with Gasteiger partial charge in [0, 0.05) is 13.1 Å². The van der Waals surface area contributed by atoms with Gasteiger partial charge in [0.15, 0.2) is 5.84 Å². The smallest absolute Gasteiger partial charge is 0.188 e. The van der Waals surface area contributed by atoms with Crippen LogP contribution in [0.15, 0.2) is 53.8 Å². The lowest BCUT2D eigenvalue weighted by atomic mass is 10.2. The van der Waals surface area contributed by atoms with Gasteiger partial charge in [-0.3, -0.25) is 4.98 Å². The average molecular weight is 286 g/mol. The van der Waals surface area contributed by atoms with Crippen molar-refractivity contribution in [3.8, 4) is 0 Å². The maximum Gasteiger partial charge on any atom is 0.188 e. The normalized spacial score (nSPS) is 11.4. The molecule has 0 bridgehead atoms. The molecule has 0 saturated heterocycles. The van der Waals surface area contributed by atoms with Crippen LogP contribution in [0.2, 0.25) is 0 Å². The second kappa shape index (κ2) is 7.25. The highest BCUT2D eigenvalue weighted by Gasteiger charge is 2.08. The zero-order valence-electron chi connectivity index (χ0n) is 11.6. The fourth-order valence-corrected chi connectivity index (χ4v) is 2.00. The summed E-state index contributed by atoms with van der Waals surface area (Å²) < 4.78 is 0. The van der Waals surface area contributed by atoms with Crippen molar-refractivity contribution in [1.29, 1.82) is 0 Å². The summed E-state index contributed by atoms with van der Waals surface area (Å²) in [5, 5.41) is 20.8. The van der Waals surface area contributed by atoms with E-state index >= 15 is 0 Å². The molecule has 0 amide bonds. The Morgan fingerprint density at radius 2 is 1.95 bits per heavy atom. The second-order valence-corrected chi connectivity index (χ2v) is 4.52. The molecule has 0 aliphatic rings. The molecule has 2 aromatic rings. The average Bonchev–Trinajstić information content (AvgIpc) is 2.55. The highest BCUT2D eigenvalue weighted by atomic mass is 16.4. The van der Waals surface area contributed by atoms with Crippen molar-refractivity contribution in [1.82, 2.24) is 4.98 Å². The topological polar surface area (TPSA) is 95.0 Å². The van der Waals surface area contributed by atoms with Gasteiger partial charge in [0.2, 0.25) is 0 Å². The molecule has 0 saturated carbocycles. The van der Waals surface area contributed by atoms with Gasteiger partial charge < -0.3 is 20.9 Å². The summed E-state index contributed by atoms with van der Waals surface area (Å²) in [7, 11) is 0. The Balaban J connectivity index is 2.18. The summed E-state index contributed by atoms with van der Waals surface area (Å²) in [6.07, 6.45) is 1.64. The number of aliphatic hydroxyl groups is 1. The molecule has 21 heavy (non-hydrogen) atoms. The van der Waals surface area contributed by atoms with E-state index < -0.39 is 0 Å². The van der Waals surface area contributed by atoms with E-state index in [1.165, 1.54) is 0 Å². The van der Waals surface area contributed by atoms with E-state index in [4.69, 9.17) is 10.9 Å². The number of aliphatic hydroxyl groups excluding tert-OH is 1. The van der Waals surface area contributed by atoms with Gasteiger partial charge in [0.1, 0.15) is 5.69 Å². The molecule has 1 heterocycles. The third kappa shape index (κ3) is 3.93. The standard InChI is InChI=1S/C15H18N4O2/c16-15(18-21)14-7-6-13(10-17-14)19(8-9-20)11-12-4-2-1-3-5-12/h1-7,10,20-21H,8-9,11H2,(H2,16,18). The van der Waals surface area contributed by atoms with Crippen molar-refractivity contribution in [2.24, 2.45) is 10.9 Å². The number of pyridine rings is 1. The predicted octanol–water partition coefficient (Wildman–Crippen LogP) is 1.18. The van der Waals surface area contributed by atoms with Crippen molar-refractivity contribution < 1.29 is 10.3 Å². The van der Waals surface area contributed by atoms with Gasteiger partial charge in [-0.05, 0) is 17.7 Å². The number of nitrogens with zero attached hydrogens (tertiary/aromatic N) is 3. The Labute approximate surface area is 123 Å². The highest BCUT2D eigenvalue weighted by Crippen LogP contribution is 2.16. The number of anilines is 1. The summed E-state index contributed by atoms with van der Waals surface area (Å²) in [5.41, 5.74) is 7.90. The molecule has 2 rings (SSSR count). The summed E-state index contributed by atoms with van der Waals surface area (Å²) in [6, 6.07) is 13.5. The molecule has 0 atom stereocenters. The number of aromatic nitrogens is 1. The highest BCUT2D eigenvalue weighted by molar-refractivity contribution is 5.95. The van der Waals surface area contributed by atoms with E-state index in [1.807, 2.05) is 41.3 Å². The zero-order chi connectivity index (χ0) is 15.1. The van der Waals surface area contributed by atoms with Crippen molar-refractivity contribution in [2.75, 3.05) is 18.1 Å². The van der Waals surface area contributed by atoms with E-state index in [9.17, 15) is 5.11 Å². The van der Waals surface area contributed by atoms with Crippen LogP contribution < -0.4 is 10.6 Å². The number of hydrogen-bond acceptors (Lipinski definition) is 5. The largest absolute Gasteiger partial charge is 0.409 e. The third-order valence-electron chi connectivity index (χ3n) is 3.07. The van der Waals surface area contributed by atoms with E-state index in [2.05, 4.69) is 10.1 Å². The number of amidine groups is 1. The van der Waals surface area contributed by atoms with E-state index in [1.54, 1.807) is 12.3 Å². The first kappa shape index (κ1) is 14.8. The summed E-state index contributed by atoms with van der Waals surface area (Å²) >= 11 is 0. The van der Waals surface area contributed by atoms with E-state index in [0.717, 1.165) is 11.3 Å². The molecule has 110 valence electrons. The molecule has 1 aromatic heterocycles. The molecule has 0 aliphatic carbocycles. The molecule has 6 nitrogen and oxygen atoms in total. The van der Waals surface area contributed by atoms with E-state index in [0.29, 0.717) is 18.8 Å². The number of hydrogen-bond donors (Lipinski definition) is 3. The minimum Gasteiger partial charge on any atom is -0.409 e. The molecule has 1 aromatic carbocycles. The maximum absolute atomic E-state index is 9.22. The lowest BCUT2D eigenvalue weighted by molar-refractivity contribution is 0.301. The van der Waals surface area contributed by atoms with Gasteiger partial charge >= 0.3 is 0 Å². The number of nitrogens with two attached hydrogens (primary N) is 1. The number of oxime groups is 1. The Bertz CT molecular complexity index is 584. The molecular formula is C15H18N4O2. The van der Waals surface area contributed by atoms with E-state index in [-0.39, 0.29) is 12.4 Å². The number of benzene rings is 1.